The van der Waals surface area contributed by atoms with Gasteiger partial charge in [-0.2, -0.15) is 9.40 Å². The fourth-order valence-corrected chi connectivity index (χ4v) is 5.76. The van der Waals surface area contributed by atoms with E-state index in [2.05, 4.69) is 10.4 Å². The lowest BCUT2D eigenvalue weighted by atomic mass is 10.2. The van der Waals surface area contributed by atoms with Crippen LogP contribution < -0.4 is 10.1 Å². The van der Waals surface area contributed by atoms with Crippen LogP contribution in [0.3, 0.4) is 0 Å². The highest BCUT2D eigenvalue weighted by Gasteiger charge is 2.27. The van der Waals surface area contributed by atoms with E-state index < -0.39 is 10.0 Å². The van der Waals surface area contributed by atoms with Crippen LogP contribution in [0.2, 0.25) is 0 Å². The lowest BCUT2D eigenvalue weighted by Crippen LogP contribution is -2.35. The van der Waals surface area contributed by atoms with Gasteiger partial charge in [-0.1, -0.05) is 18.6 Å². The van der Waals surface area contributed by atoms with Crippen molar-refractivity contribution in [3.05, 3.63) is 65.5 Å². The molecular formula is C26H32N4O4S. The molecule has 1 N–H and O–H groups in total. The third-order valence-corrected chi connectivity index (χ3v) is 7.91. The molecule has 0 unspecified atom stereocenters. The molecule has 1 aliphatic rings. The zero-order chi connectivity index (χ0) is 25.2. The number of carbonyl (C=O) groups is 1. The zero-order valence-corrected chi connectivity index (χ0v) is 21.4. The molecule has 1 aromatic heterocycles. The van der Waals surface area contributed by atoms with E-state index in [-0.39, 0.29) is 16.9 Å². The van der Waals surface area contributed by atoms with Crippen LogP contribution in [0.25, 0.3) is 5.69 Å². The molecule has 1 aliphatic heterocycles. The van der Waals surface area contributed by atoms with E-state index in [0.717, 1.165) is 30.5 Å². The van der Waals surface area contributed by atoms with Gasteiger partial charge in [-0.3, -0.25) is 4.79 Å². The van der Waals surface area contributed by atoms with Crippen LogP contribution in [0.4, 0.5) is 5.69 Å². The van der Waals surface area contributed by atoms with Crippen LogP contribution in [0.1, 0.15) is 54.7 Å². The minimum absolute atomic E-state index is 0.137. The molecule has 0 radical (unpaired) electrons. The van der Waals surface area contributed by atoms with Crippen LogP contribution in [-0.4, -0.2) is 47.6 Å². The summed E-state index contributed by atoms with van der Waals surface area (Å²) < 4.78 is 35.6. The van der Waals surface area contributed by atoms with Gasteiger partial charge in [0.05, 0.1) is 39.8 Å². The Morgan fingerprint density at radius 1 is 1.06 bits per heavy atom. The van der Waals surface area contributed by atoms with Gasteiger partial charge in [-0.15, -0.1) is 0 Å². The summed E-state index contributed by atoms with van der Waals surface area (Å²) in [5.41, 5.74) is 3.33. The van der Waals surface area contributed by atoms with E-state index in [1.54, 1.807) is 16.8 Å². The SMILES string of the molecule is Cc1cccc(-n2ncc(C(=O)Nc3cc(S(=O)(=O)N4CCCCC4)ccc3OC(C)C)c2C)c1. The van der Waals surface area contributed by atoms with E-state index in [0.29, 0.717) is 35.8 Å². The number of hydrogen-bond donors (Lipinski definition) is 1. The molecule has 0 saturated carbocycles. The van der Waals surface area contributed by atoms with Gasteiger partial charge in [-0.25, -0.2) is 13.1 Å². The molecule has 1 amide bonds. The minimum Gasteiger partial charge on any atom is -0.489 e. The summed E-state index contributed by atoms with van der Waals surface area (Å²) in [5, 5.41) is 7.27. The second kappa shape index (κ2) is 10.2. The Balaban J connectivity index is 1.65. The number of hydrogen-bond acceptors (Lipinski definition) is 5. The predicted molar refractivity (Wildman–Crippen MR) is 136 cm³/mol. The number of benzene rings is 2. The molecule has 8 nitrogen and oxygen atoms in total. The molecule has 35 heavy (non-hydrogen) atoms. The number of nitrogens with zero attached hydrogens (tertiary/aromatic N) is 3. The first kappa shape index (κ1) is 24.9. The lowest BCUT2D eigenvalue weighted by molar-refractivity contribution is 0.102. The summed E-state index contributed by atoms with van der Waals surface area (Å²) in [7, 11) is -3.66. The topological polar surface area (TPSA) is 93.5 Å². The Kier molecular flexibility index (Phi) is 7.28. The minimum atomic E-state index is -3.66. The molecule has 3 aromatic rings. The maximum atomic E-state index is 13.3. The number of piperidine rings is 1. The van der Waals surface area contributed by atoms with Crippen LogP contribution in [0.5, 0.6) is 5.75 Å². The first-order valence-electron chi connectivity index (χ1n) is 11.9. The fraction of sp³-hybridized carbons (Fsp3) is 0.385. The Hall–Kier alpha value is -3.17. The molecule has 0 spiro atoms. The van der Waals surface area contributed by atoms with E-state index in [1.807, 2.05) is 52.0 Å². The Morgan fingerprint density at radius 3 is 2.49 bits per heavy atom. The van der Waals surface area contributed by atoms with Gasteiger partial charge in [0, 0.05) is 13.1 Å². The molecule has 186 valence electrons. The first-order valence-corrected chi connectivity index (χ1v) is 13.3. The van der Waals surface area contributed by atoms with Crippen molar-refractivity contribution in [3.63, 3.8) is 0 Å². The average molecular weight is 497 g/mol. The highest BCUT2D eigenvalue weighted by Crippen LogP contribution is 2.31. The van der Waals surface area contributed by atoms with Crippen molar-refractivity contribution < 1.29 is 17.9 Å². The largest absolute Gasteiger partial charge is 0.489 e. The van der Waals surface area contributed by atoms with Crippen molar-refractivity contribution in [2.45, 2.75) is 58.0 Å². The molecule has 0 aliphatic carbocycles. The fourth-order valence-electron chi connectivity index (χ4n) is 4.22. The van der Waals surface area contributed by atoms with Crippen molar-refractivity contribution >= 4 is 21.6 Å². The molecule has 9 heteroatoms. The highest BCUT2D eigenvalue weighted by molar-refractivity contribution is 7.89. The normalized spacial score (nSPS) is 14.8. The van der Waals surface area contributed by atoms with Crippen molar-refractivity contribution in [1.29, 1.82) is 0 Å². The summed E-state index contributed by atoms with van der Waals surface area (Å²) in [4.78, 5) is 13.4. The number of rotatable bonds is 7. The highest BCUT2D eigenvalue weighted by atomic mass is 32.2. The monoisotopic (exact) mass is 496 g/mol. The number of aryl methyl sites for hydroxylation is 1. The van der Waals surface area contributed by atoms with E-state index in [4.69, 9.17) is 4.74 Å². The lowest BCUT2D eigenvalue weighted by Gasteiger charge is -2.26. The summed E-state index contributed by atoms with van der Waals surface area (Å²) in [6, 6.07) is 12.5. The van der Waals surface area contributed by atoms with E-state index in [1.165, 1.54) is 16.6 Å². The van der Waals surface area contributed by atoms with Crippen LogP contribution >= 0.6 is 0 Å². The number of anilines is 1. The smallest absolute Gasteiger partial charge is 0.259 e. The number of amides is 1. The summed E-state index contributed by atoms with van der Waals surface area (Å²) in [5.74, 6) is 0.0252. The van der Waals surface area contributed by atoms with Gasteiger partial charge in [0.2, 0.25) is 10.0 Å². The second-order valence-electron chi connectivity index (χ2n) is 9.14. The molecule has 0 atom stereocenters. The second-order valence-corrected chi connectivity index (χ2v) is 11.1. The summed E-state index contributed by atoms with van der Waals surface area (Å²) in [6.07, 6.45) is 4.10. The van der Waals surface area contributed by atoms with Crippen LogP contribution in [0, 0.1) is 13.8 Å². The van der Waals surface area contributed by atoms with Gasteiger partial charge in [0.15, 0.2) is 0 Å². The zero-order valence-electron chi connectivity index (χ0n) is 20.6. The third-order valence-electron chi connectivity index (χ3n) is 6.02. The Bertz CT molecular complexity index is 1320. The van der Waals surface area contributed by atoms with Crippen molar-refractivity contribution in [2.24, 2.45) is 0 Å². The molecule has 1 saturated heterocycles. The van der Waals surface area contributed by atoms with Crippen LogP contribution in [-0.2, 0) is 10.0 Å². The van der Waals surface area contributed by atoms with E-state index in [9.17, 15) is 13.2 Å². The van der Waals surface area contributed by atoms with Crippen molar-refractivity contribution in [1.82, 2.24) is 14.1 Å². The average Bonchev–Trinajstić information content (AvgIpc) is 3.21. The standard InChI is InChI=1S/C26H32N4O4S/c1-18(2)34-25-12-11-22(35(32,33)29-13-6-5-7-14-29)16-24(25)28-26(31)23-17-27-30(20(23)4)21-10-8-9-19(3)15-21/h8-12,15-18H,5-7,13-14H2,1-4H3,(H,28,31). The van der Waals surface area contributed by atoms with Gasteiger partial charge in [-0.05, 0) is 76.4 Å². The van der Waals surface area contributed by atoms with Crippen molar-refractivity contribution in [2.75, 3.05) is 18.4 Å². The van der Waals surface area contributed by atoms with Gasteiger partial charge >= 0.3 is 0 Å². The molecule has 0 bridgehead atoms. The summed E-state index contributed by atoms with van der Waals surface area (Å²) >= 11 is 0. The third kappa shape index (κ3) is 5.41. The predicted octanol–water partition coefficient (Wildman–Crippen LogP) is 4.70. The van der Waals surface area contributed by atoms with Gasteiger partial charge < -0.3 is 10.1 Å². The van der Waals surface area contributed by atoms with Crippen molar-refractivity contribution in [3.8, 4) is 11.4 Å². The number of sulfonamides is 1. The number of ether oxygens (including phenoxy) is 1. The maximum absolute atomic E-state index is 13.3. The molecule has 2 heterocycles. The molecule has 1 fully saturated rings. The Labute approximate surface area is 207 Å². The Morgan fingerprint density at radius 2 is 1.80 bits per heavy atom. The number of carbonyl (C=O) groups excluding carboxylic acids is 1. The number of nitrogens with one attached hydrogen (secondary N) is 1. The quantitative estimate of drug-likeness (QED) is 0.512. The van der Waals surface area contributed by atoms with Gasteiger partial charge in [0.25, 0.3) is 5.91 Å². The molecule has 2 aromatic carbocycles. The van der Waals surface area contributed by atoms with Gasteiger partial charge in [0.1, 0.15) is 5.75 Å². The molecular weight excluding hydrogens is 464 g/mol. The first-order chi connectivity index (χ1) is 16.7. The summed E-state index contributed by atoms with van der Waals surface area (Å²) in [6.45, 7) is 8.58. The van der Waals surface area contributed by atoms with Crippen LogP contribution in [0.15, 0.2) is 53.6 Å². The molecule has 4 rings (SSSR count). The maximum Gasteiger partial charge on any atom is 0.259 e. The number of aromatic nitrogens is 2. The van der Waals surface area contributed by atoms with E-state index >= 15 is 0 Å².